The van der Waals surface area contributed by atoms with Crippen molar-refractivity contribution in [3.05, 3.63) is 41.4 Å². The van der Waals surface area contributed by atoms with Gasteiger partial charge in [-0.15, -0.1) is 11.8 Å². The maximum atomic E-state index is 5.98. The van der Waals surface area contributed by atoms with E-state index in [0.29, 0.717) is 0 Å². The molecule has 3 atom stereocenters. The van der Waals surface area contributed by atoms with Gasteiger partial charge in [-0.3, -0.25) is 0 Å². The molecule has 0 aromatic heterocycles. The van der Waals surface area contributed by atoms with Crippen molar-refractivity contribution in [1.29, 1.82) is 0 Å². The number of halogens is 1. The maximum absolute atomic E-state index is 5.98. The number of hydrogen-bond acceptors (Lipinski definition) is 1. The standard InChI is InChI=1S/C13H13ClS/c14-11-2-1-3-12(8-11)15-13-7-9-4-5-10(13)6-9/h1-5,8-10,13H,6-7H2/t9-,10+,13+/m0/s1. The highest BCUT2D eigenvalue weighted by Gasteiger charge is 2.35. The van der Waals surface area contributed by atoms with Crippen molar-refractivity contribution >= 4 is 23.4 Å². The third-order valence-electron chi connectivity index (χ3n) is 3.30. The van der Waals surface area contributed by atoms with E-state index in [0.717, 1.165) is 22.1 Å². The molecule has 2 heteroatoms. The first kappa shape index (κ1) is 9.80. The highest BCUT2D eigenvalue weighted by Crippen LogP contribution is 2.47. The summed E-state index contributed by atoms with van der Waals surface area (Å²) in [6, 6.07) is 8.20. The Bertz CT molecular complexity index is 399. The lowest BCUT2D eigenvalue weighted by Gasteiger charge is -2.17. The summed E-state index contributed by atoms with van der Waals surface area (Å²) in [5.74, 6) is 1.66. The van der Waals surface area contributed by atoms with E-state index in [1.165, 1.54) is 17.7 Å². The summed E-state index contributed by atoms with van der Waals surface area (Å²) in [6.45, 7) is 0. The van der Waals surface area contributed by atoms with E-state index in [1.54, 1.807) is 0 Å². The molecule has 0 spiro atoms. The van der Waals surface area contributed by atoms with Crippen molar-refractivity contribution in [2.24, 2.45) is 11.8 Å². The van der Waals surface area contributed by atoms with Crippen molar-refractivity contribution < 1.29 is 0 Å². The zero-order valence-corrected chi connectivity index (χ0v) is 9.97. The van der Waals surface area contributed by atoms with E-state index in [-0.39, 0.29) is 0 Å². The molecule has 15 heavy (non-hydrogen) atoms. The van der Waals surface area contributed by atoms with Crippen molar-refractivity contribution in [3.8, 4) is 0 Å². The quantitative estimate of drug-likeness (QED) is 0.686. The van der Waals surface area contributed by atoms with Crippen LogP contribution in [0.3, 0.4) is 0 Å². The minimum Gasteiger partial charge on any atom is -0.122 e. The highest BCUT2D eigenvalue weighted by molar-refractivity contribution is 8.00. The van der Waals surface area contributed by atoms with E-state index in [9.17, 15) is 0 Å². The third-order valence-corrected chi connectivity index (χ3v) is 4.91. The molecule has 2 aliphatic carbocycles. The molecule has 1 fully saturated rings. The predicted molar refractivity (Wildman–Crippen MR) is 66.5 cm³/mol. The molecule has 0 nitrogen and oxygen atoms in total. The zero-order valence-electron chi connectivity index (χ0n) is 8.40. The first-order chi connectivity index (χ1) is 7.31. The van der Waals surface area contributed by atoms with Crippen LogP contribution >= 0.6 is 23.4 Å². The van der Waals surface area contributed by atoms with Crippen molar-refractivity contribution in [3.63, 3.8) is 0 Å². The molecule has 0 amide bonds. The summed E-state index contributed by atoms with van der Waals surface area (Å²) in [5, 5.41) is 1.62. The van der Waals surface area contributed by atoms with Crippen LogP contribution in [0, 0.1) is 11.8 Å². The fraction of sp³-hybridized carbons (Fsp3) is 0.385. The molecule has 2 aliphatic rings. The number of benzene rings is 1. The van der Waals surface area contributed by atoms with Crippen LogP contribution in [0.5, 0.6) is 0 Å². The number of allylic oxidation sites excluding steroid dienone is 2. The van der Waals surface area contributed by atoms with Crippen LogP contribution in [0.25, 0.3) is 0 Å². The van der Waals surface area contributed by atoms with Gasteiger partial charge < -0.3 is 0 Å². The topological polar surface area (TPSA) is 0 Å². The Labute approximate surface area is 99.7 Å². The summed E-state index contributed by atoms with van der Waals surface area (Å²) in [5.41, 5.74) is 0. The Kier molecular flexibility index (Phi) is 2.53. The second-order valence-electron chi connectivity index (χ2n) is 4.39. The molecule has 0 N–H and O–H groups in total. The largest absolute Gasteiger partial charge is 0.122 e. The zero-order chi connectivity index (χ0) is 10.3. The van der Waals surface area contributed by atoms with E-state index in [1.807, 2.05) is 23.9 Å². The minimum atomic E-state index is 0.776. The average Bonchev–Trinajstić information content (AvgIpc) is 2.79. The fourth-order valence-electron chi connectivity index (χ4n) is 2.58. The van der Waals surface area contributed by atoms with Crippen molar-refractivity contribution in [1.82, 2.24) is 0 Å². The molecule has 1 aromatic carbocycles. The lowest BCUT2D eigenvalue weighted by molar-refractivity contribution is 0.692. The summed E-state index contributed by atoms with van der Waals surface area (Å²) in [4.78, 5) is 1.31. The summed E-state index contributed by atoms with van der Waals surface area (Å²) >= 11 is 7.97. The van der Waals surface area contributed by atoms with Gasteiger partial charge in [0.15, 0.2) is 0 Å². The SMILES string of the molecule is Clc1cccc(S[C@@H]2C[C@H]3C=C[C@@H]2C3)c1. The average molecular weight is 237 g/mol. The van der Waals surface area contributed by atoms with Gasteiger partial charge in [-0.05, 0) is 42.9 Å². The first-order valence-electron chi connectivity index (χ1n) is 5.42. The van der Waals surface area contributed by atoms with Crippen LogP contribution in [0.15, 0.2) is 41.3 Å². The van der Waals surface area contributed by atoms with E-state index in [4.69, 9.17) is 11.6 Å². The van der Waals surface area contributed by atoms with Crippen LogP contribution in [0.2, 0.25) is 5.02 Å². The Morgan fingerprint density at radius 3 is 2.80 bits per heavy atom. The van der Waals surface area contributed by atoms with Crippen LogP contribution in [-0.4, -0.2) is 5.25 Å². The number of hydrogen-bond donors (Lipinski definition) is 0. The molecule has 0 unspecified atom stereocenters. The smallest absolute Gasteiger partial charge is 0.0417 e. The van der Waals surface area contributed by atoms with Crippen molar-refractivity contribution in [2.75, 3.05) is 0 Å². The molecule has 3 rings (SSSR count). The third kappa shape index (κ3) is 1.95. The lowest BCUT2D eigenvalue weighted by Crippen LogP contribution is -2.08. The second kappa shape index (κ2) is 3.88. The molecule has 2 bridgehead atoms. The van der Waals surface area contributed by atoms with Gasteiger partial charge in [0.05, 0.1) is 0 Å². The number of fused-ring (bicyclic) bond motifs is 2. The molecule has 78 valence electrons. The Morgan fingerprint density at radius 2 is 2.13 bits per heavy atom. The van der Waals surface area contributed by atoms with Gasteiger partial charge in [0.25, 0.3) is 0 Å². The monoisotopic (exact) mass is 236 g/mol. The molecule has 1 saturated carbocycles. The minimum absolute atomic E-state index is 0.776. The van der Waals surface area contributed by atoms with Crippen LogP contribution < -0.4 is 0 Å². The van der Waals surface area contributed by atoms with E-state index < -0.39 is 0 Å². The summed E-state index contributed by atoms with van der Waals surface area (Å²) < 4.78 is 0. The van der Waals surface area contributed by atoms with Crippen LogP contribution in [0.4, 0.5) is 0 Å². The van der Waals surface area contributed by atoms with Gasteiger partial charge in [-0.1, -0.05) is 29.8 Å². The van der Waals surface area contributed by atoms with Gasteiger partial charge in [-0.25, -0.2) is 0 Å². The second-order valence-corrected chi connectivity index (χ2v) is 6.14. The van der Waals surface area contributed by atoms with Gasteiger partial charge >= 0.3 is 0 Å². The summed E-state index contributed by atoms with van der Waals surface area (Å²) in [6.07, 6.45) is 7.51. The molecule has 0 radical (unpaired) electrons. The lowest BCUT2D eigenvalue weighted by atomic mass is 10.1. The van der Waals surface area contributed by atoms with Gasteiger partial charge in [0.1, 0.15) is 0 Å². The molecular formula is C13H13ClS. The summed E-state index contributed by atoms with van der Waals surface area (Å²) in [7, 11) is 0. The molecule has 0 aliphatic heterocycles. The van der Waals surface area contributed by atoms with E-state index >= 15 is 0 Å². The highest BCUT2D eigenvalue weighted by atomic mass is 35.5. The fourth-order valence-corrected chi connectivity index (χ4v) is 4.26. The van der Waals surface area contributed by atoms with Gasteiger partial charge in [-0.2, -0.15) is 0 Å². The normalized spacial score (nSPS) is 32.5. The Balaban J connectivity index is 1.73. The number of thioether (sulfide) groups is 1. The van der Waals surface area contributed by atoms with Crippen LogP contribution in [0.1, 0.15) is 12.8 Å². The van der Waals surface area contributed by atoms with Gasteiger partial charge in [0.2, 0.25) is 0 Å². The molecule has 0 heterocycles. The Morgan fingerprint density at radius 1 is 1.20 bits per heavy atom. The van der Waals surface area contributed by atoms with Crippen LogP contribution in [-0.2, 0) is 0 Å². The molecule has 0 saturated heterocycles. The maximum Gasteiger partial charge on any atom is 0.0417 e. The van der Waals surface area contributed by atoms with Gasteiger partial charge in [0, 0.05) is 15.2 Å². The molecular weight excluding hydrogens is 224 g/mol. The first-order valence-corrected chi connectivity index (χ1v) is 6.67. The number of rotatable bonds is 2. The molecule has 1 aromatic rings. The van der Waals surface area contributed by atoms with E-state index in [2.05, 4.69) is 24.3 Å². The van der Waals surface area contributed by atoms with Crippen molar-refractivity contribution in [2.45, 2.75) is 23.0 Å². The predicted octanol–water partition coefficient (Wildman–Crippen LogP) is 4.40. The Hall–Kier alpha value is -0.400.